The Morgan fingerprint density at radius 2 is 0.450 bits per heavy atom. The summed E-state index contributed by atoms with van der Waals surface area (Å²) in [6.07, 6.45) is 41.7. The molecule has 0 unspecified atom stereocenters. The standard InChI is InChI=1S/2C18H35ClO/c2*1-2-3-4-5-6-7-8-9-10-11-12-13-14-15-16-17-18(19)20/h2*2-17H2,1H3. The fraction of sp³-hybridized carbons (Fsp3) is 0.944. The van der Waals surface area contributed by atoms with Crippen LogP contribution >= 0.6 is 23.2 Å². The molecule has 0 aliphatic rings. The van der Waals surface area contributed by atoms with Crippen LogP contribution in [-0.2, 0) is 9.59 Å². The van der Waals surface area contributed by atoms with Gasteiger partial charge in [-0.05, 0) is 36.0 Å². The van der Waals surface area contributed by atoms with Gasteiger partial charge in [0.2, 0.25) is 10.5 Å². The Morgan fingerprint density at radius 1 is 0.300 bits per heavy atom. The number of hydrogen-bond acceptors (Lipinski definition) is 2. The molecule has 0 fully saturated rings. The maximum absolute atomic E-state index is 10.5. The van der Waals surface area contributed by atoms with E-state index in [0.717, 1.165) is 25.7 Å². The zero-order chi connectivity index (χ0) is 29.8. The van der Waals surface area contributed by atoms with Crippen LogP contribution in [0.5, 0.6) is 0 Å². The maximum Gasteiger partial charge on any atom is 0.221 e. The van der Waals surface area contributed by atoms with E-state index in [1.807, 2.05) is 0 Å². The summed E-state index contributed by atoms with van der Waals surface area (Å²) in [5.41, 5.74) is 0. The summed E-state index contributed by atoms with van der Waals surface area (Å²) in [6, 6.07) is 0. The number of hydrogen-bond donors (Lipinski definition) is 0. The second kappa shape index (κ2) is 38.9. The lowest BCUT2D eigenvalue weighted by atomic mass is 10.0. The number of carbonyl (C=O) groups is 2. The van der Waals surface area contributed by atoms with Gasteiger partial charge < -0.3 is 0 Å². The molecule has 240 valence electrons. The van der Waals surface area contributed by atoms with Gasteiger partial charge in [0.25, 0.3) is 0 Å². The molecule has 4 heteroatoms. The predicted molar refractivity (Wildman–Crippen MR) is 181 cm³/mol. The molecule has 0 atom stereocenters. The number of halogens is 2. The summed E-state index contributed by atoms with van der Waals surface area (Å²) in [6.45, 7) is 4.55. The van der Waals surface area contributed by atoms with Gasteiger partial charge in [-0.25, -0.2) is 0 Å². The molecule has 0 spiro atoms. The third-order valence-electron chi connectivity index (χ3n) is 7.95. The summed E-state index contributed by atoms with van der Waals surface area (Å²) in [5, 5.41) is -0.362. The highest BCUT2D eigenvalue weighted by atomic mass is 35.5. The number of rotatable bonds is 32. The fourth-order valence-electron chi connectivity index (χ4n) is 5.27. The molecular formula is C36H70Cl2O2. The van der Waals surface area contributed by atoms with Crippen LogP contribution in [0.4, 0.5) is 0 Å². The largest absolute Gasteiger partial charge is 0.281 e. The number of carbonyl (C=O) groups excluding carboxylic acids is 2. The molecule has 0 aromatic rings. The van der Waals surface area contributed by atoms with Crippen LogP contribution in [0.1, 0.15) is 219 Å². The van der Waals surface area contributed by atoms with Gasteiger partial charge in [-0.1, -0.05) is 194 Å². The highest BCUT2D eigenvalue weighted by molar-refractivity contribution is 6.63. The minimum Gasteiger partial charge on any atom is -0.281 e. The van der Waals surface area contributed by atoms with E-state index in [-0.39, 0.29) is 10.5 Å². The Hall–Kier alpha value is -0.0800. The smallest absolute Gasteiger partial charge is 0.221 e. The Balaban J connectivity index is 0. The second-order valence-corrected chi connectivity index (χ2v) is 13.0. The summed E-state index contributed by atoms with van der Waals surface area (Å²) < 4.78 is 0. The monoisotopic (exact) mass is 604 g/mol. The third kappa shape index (κ3) is 44.9. The van der Waals surface area contributed by atoms with E-state index >= 15 is 0 Å². The summed E-state index contributed by atoms with van der Waals surface area (Å²) in [5.74, 6) is 0. The van der Waals surface area contributed by atoms with Crippen LogP contribution < -0.4 is 0 Å². The first kappa shape index (κ1) is 42.1. The molecule has 0 aliphatic heterocycles. The first-order valence-corrected chi connectivity index (χ1v) is 18.7. The molecular weight excluding hydrogens is 535 g/mol. The van der Waals surface area contributed by atoms with E-state index < -0.39 is 0 Å². The lowest BCUT2D eigenvalue weighted by Crippen LogP contribution is -1.86. The molecule has 40 heavy (non-hydrogen) atoms. The Bertz CT molecular complexity index is 451. The average Bonchev–Trinajstić information content (AvgIpc) is 2.93. The van der Waals surface area contributed by atoms with Gasteiger partial charge >= 0.3 is 0 Å². The van der Waals surface area contributed by atoms with Gasteiger partial charge in [0, 0.05) is 12.8 Å². The van der Waals surface area contributed by atoms with Gasteiger partial charge in [0.05, 0.1) is 0 Å². The Morgan fingerprint density at radius 3 is 0.600 bits per heavy atom. The van der Waals surface area contributed by atoms with Crippen LogP contribution in [0.2, 0.25) is 0 Å². The fourth-order valence-corrected chi connectivity index (χ4v) is 5.54. The molecule has 0 aliphatic carbocycles. The van der Waals surface area contributed by atoms with Gasteiger partial charge in [-0.15, -0.1) is 0 Å². The normalized spacial score (nSPS) is 10.9. The van der Waals surface area contributed by atoms with Crippen LogP contribution in [-0.4, -0.2) is 10.5 Å². The quantitative estimate of drug-likeness (QED) is 0.0564. The average molecular weight is 606 g/mol. The molecule has 0 N–H and O–H groups in total. The highest BCUT2D eigenvalue weighted by Crippen LogP contribution is 2.15. The van der Waals surface area contributed by atoms with Crippen molar-refractivity contribution in [3.05, 3.63) is 0 Å². The zero-order valence-corrected chi connectivity index (χ0v) is 28.7. The summed E-state index contributed by atoms with van der Waals surface area (Å²) in [4.78, 5) is 21.1. The molecule has 0 rings (SSSR count). The molecule has 0 bridgehead atoms. The van der Waals surface area contributed by atoms with Crippen LogP contribution in [0.25, 0.3) is 0 Å². The molecule has 0 radical (unpaired) electrons. The van der Waals surface area contributed by atoms with Crippen LogP contribution in [0, 0.1) is 0 Å². The third-order valence-corrected chi connectivity index (χ3v) is 8.33. The van der Waals surface area contributed by atoms with Crippen LogP contribution in [0.3, 0.4) is 0 Å². The minimum absolute atomic E-state index is 0.181. The van der Waals surface area contributed by atoms with E-state index in [9.17, 15) is 9.59 Å². The molecule has 0 aromatic heterocycles. The summed E-state index contributed by atoms with van der Waals surface area (Å²) in [7, 11) is 0. The SMILES string of the molecule is CCCCCCCCCCCCCCCCCC(=O)Cl.CCCCCCCCCCCCCCCCCC(=O)Cl. The lowest BCUT2D eigenvalue weighted by Gasteiger charge is -2.03. The highest BCUT2D eigenvalue weighted by Gasteiger charge is 1.98. The predicted octanol–water partition coefficient (Wildman–Crippen LogP) is 14.0. The van der Waals surface area contributed by atoms with Gasteiger partial charge in [-0.2, -0.15) is 0 Å². The van der Waals surface area contributed by atoms with E-state index in [1.165, 1.54) is 167 Å². The van der Waals surface area contributed by atoms with Crippen molar-refractivity contribution in [2.45, 2.75) is 219 Å². The van der Waals surface area contributed by atoms with Crippen molar-refractivity contribution < 1.29 is 9.59 Å². The van der Waals surface area contributed by atoms with E-state index in [4.69, 9.17) is 23.2 Å². The van der Waals surface area contributed by atoms with Crippen molar-refractivity contribution in [3.8, 4) is 0 Å². The van der Waals surface area contributed by atoms with Crippen molar-refractivity contribution >= 4 is 33.7 Å². The molecule has 0 saturated carbocycles. The molecule has 0 aromatic carbocycles. The minimum atomic E-state index is -0.181. The van der Waals surface area contributed by atoms with E-state index in [0.29, 0.717) is 12.8 Å². The van der Waals surface area contributed by atoms with E-state index in [1.54, 1.807) is 0 Å². The van der Waals surface area contributed by atoms with Gasteiger partial charge in [0.15, 0.2) is 0 Å². The zero-order valence-electron chi connectivity index (χ0n) is 27.2. The lowest BCUT2D eigenvalue weighted by molar-refractivity contribution is -0.112. The second-order valence-electron chi connectivity index (χ2n) is 12.1. The maximum atomic E-state index is 10.5. The van der Waals surface area contributed by atoms with Crippen molar-refractivity contribution in [1.82, 2.24) is 0 Å². The van der Waals surface area contributed by atoms with Gasteiger partial charge in [-0.3, -0.25) is 9.59 Å². The Labute approximate surface area is 261 Å². The van der Waals surface area contributed by atoms with Crippen molar-refractivity contribution in [2.75, 3.05) is 0 Å². The Kier molecular flexibility index (Phi) is 40.9. The topological polar surface area (TPSA) is 34.1 Å². The van der Waals surface area contributed by atoms with Crippen molar-refractivity contribution in [2.24, 2.45) is 0 Å². The van der Waals surface area contributed by atoms with Crippen molar-refractivity contribution in [1.29, 1.82) is 0 Å². The first-order valence-electron chi connectivity index (χ1n) is 17.9. The summed E-state index contributed by atoms with van der Waals surface area (Å²) >= 11 is 10.6. The molecule has 0 saturated heterocycles. The number of unbranched alkanes of at least 4 members (excludes halogenated alkanes) is 28. The van der Waals surface area contributed by atoms with Gasteiger partial charge in [0.1, 0.15) is 0 Å². The molecule has 2 nitrogen and oxygen atoms in total. The molecule has 0 amide bonds. The first-order chi connectivity index (χ1) is 19.5. The molecule has 0 heterocycles. The van der Waals surface area contributed by atoms with Crippen LogP contribution in [0.15, 0.2) is 0 Å². The van der Waals surface area contributed by atoms with E-state index in [2.05, 4.69) is 13.8 Å². The van der Waals surface area contributed by atoms with Crippen molar-refractivity contribution in [3.63, 3.8) is 0 Å².